The van der Waals surface area contributed by atoms with Gasteiger partial charge in [-0.2, -0.15) is 0 Å². The first-order valence-electron chi connectivity index (χ1n) is 5.40. The molecule has 15 heavy (non-hydrogen) atoms. The van der Waals surface area contributed by atoms with Gasteiger partial charge in [-0.3, -0.25) is 4.79 Å². The molecule has 1 amide bonds. The molecule has 1 aliphatic carbocycles. The number of thiophene rings is 1. The van der Waals surface area contributed by atoms with Gasteiger partial charge in [0.15, 0.2) is 0 Å². The smallest absolute Gasteiger partial charge is 0.254 e. The highest BCUT2D eigenvalue weighted by Crippen LogP contribution is 2.33. The lowest BCUT2D eigenvalue weighted by atomic mass is 9.88. The van der Waals surface area contributed by atoms with Gasteiger partial charge in [0.05, 0.1) is 5.56 Å². The van der Waals surface area contributed by atoms with E-state index in [1.807, 2.05) is 19.5 Å². The SMILES string of the molecule is CC1CCc2c(C(=O)N(C)C)csc2C1. The van der Waals surface area contributed by atoms with Gasteiger partial charge in [-0.05, 0) is 30.7 Å². The molecule has 0 N–H and O–H groups in total. The number of carbonyl (C=O) groups is 1. The van der Waals surface area contributed by atoms with Crippen LogP contribution in [0.2, 0.25) is 0 Å². The number of hydrogen-bond acceptors (Lipinski definition) is 2. The Labute approximate surface area is 94.9 Å². The number of hydrogen-bond donors (Lipinski definition) is 0. The number of nitrogens with zero attached hydrogens (tertiary/aromatic N) is 1. The Bertz CT molecular complexity index is 381. The van der Waals surface area contributed by atoms with Crippen molar-refractivity contribution in [3.05, 3.63) is 21.4 Å². The first kappa shape index (κ1) is 10.7. The van der Waals surface area contributed by atoms with E-state index >= 15 is 0 Å². The molecule has 1 aliphatic rings. The third-order valence-electron chi connectivity index (χ3n) is 3.04. The lowest BCUT2D eigenvalue weighted by Gasteiger charge is -2.19. The van der Waals surface area contributed by atoms with E-state index in [2.05, 4.69) is 6.92 Å². The molecule has 0 aromatic carbocycles. The van der Waals surface area contributed by atoms with Gasteiger partial charge < -0.3 is 4.90 Å². The van der Waals surface area contributed by atoms with Crippen LogP contribution < -0.4 is 0 Å². The van der Waals surface area contributed by atoms with Crippen molar-refractivity contribution in [2.45, 2.75) is 26.2 Å². The lowest BCUT2D eigenvalue weighted by molar-refractivity contribution is 0.0826. The largest absolute Gasteiger partial charge is 0.345 e. The van der Waals surface area contributed by atoms with Crippen LogP contribution >= 0.6 is 11.3 Å². The van der Waals surface area contributed by atoms with Crippen molar-refractivity contribution < 1.29 is 4.79 Å². The Balaban J connectivity index is 2.32. The van der Waals surface area contributed by atoms with Crippen LogP contribution in [0, 0.1) is 5.92 Å². The molecule has 0 radical (unpaired) electrons. The zero-order valence-electron chi connectivity index (χ0n) is 9.54. The molecule has 1 atom stereocenters. The Morgan fingerprint density at radius 2 is 2.27 bits per heavy atom. The van der Waals surface area contributed by atoms with Crippen LogP contribution in [-0.4, -0.2) is 24.9 Å². The fraction of sp³-hybridized carbons (Fsp3) is 0.583. The normalized spacial score (nSPS) is 19.8. The molecule has 0 saturated carbocycles. The number of rotatable bonds is 1. The van der Waals surface area contributed by atoms with E-state index in [0.717, 1.165) is 24.3 Å². The quantitative estimate of drug-likeness (QED) is 0.716. The summed E-state index contributed by atoms with van der Waals surface area (Å²) in [6, 6.07) is 0. The second kappa shape index (κ2) is 3.97. The van der Waals surface area contributed by atoms with Crippen LogP contribution in [0.5, 0.6) is 0 Å². The highest BCUT2D eigenvalue weighted by atomic mass is 32.1. The average Bonchev–Trinajstić information content (AvgIpc) is 2.59. The monoisotopic (exact) mass is 223 g/mol. The summed E-state index contributed by atoms with van der Waals surface area (Å²) in [7, 11) is 3.63. The van der Waals surface area contributed by atoms with Gasteiger partial charge in [0.1, 0.15) is 0 Å². The first-order valence-corrected chi connectivity index (χ1v) is 6.28. The number of carbonyl (C=O) groups excluding carboxylic acids is 1. The molecule has 0 spiro atoms. The Morgan fingerprint density at radius 1 is 1.53 bits per heavy atom. The molecule has 82 valence electrons. The predicted molar refractivity (Wildman–Crippen MR) is 63.5 cm³/mol. The molecule has 2 rings (SSSR count). The van der Waals surface area contributed by atoms with Crippen molar-refractivity contribution in [3.63, 3.8) is 0 Å². The van der Waals surface area contributed by atoms with Gasteiger partial charge in [0.2, 0.25) is 0 Å². The fourth-order valence-electron chi connectivity index (χ4n) is 2.10. The Hall–Kier alpha value is -0.830. The van der Waals surface area contributed by atoms with Crippen LogP contribution in [-0.2, 0) is 12.8 Å². The van der Waals surface area contributed by atoms with Crippen molar-refractivity contribution in [1.82, 2.24) is 4.90 Å². The van der Waals surface area contributed by atoms with Crippen LogP contribution in [0.4, 0.5) is 0 Å². The molecular formula is C12H17NOS. The molecule has 0 aliphatic heterocycles. The van der Waals surface area contributed by atoms with Gasteiger partial charge in [-0.15, -0.1) is 11.3 Å². The number of fused-ring (bicyclic) bond motifs is 1. The lowest BCUT2D eigenvalue weighted by Crippen LogP contribution is -2.23. The Morgan fingerprint density at radius 3 is 2.93 bits per heavy atom. The van der Waals surface area contributed by atoms with Gasteiger partial charge in [0, 0.05) is 24.4 Å². The van der Waals surface area contributed by atoms with Gasteiger partial charge in [0.25, 0.3) is 5.91 Å². The summed E-state index contributed by atoms with van der Waals surface area (Å²) >= 11 is 1.75. The summed E-state index contributed by atoms with van der Waals surface area (Å²) in [5.74, 6) is 0.931. The standard InChI is InChI=1S/C12H17NOS/c1-8-4-5-9-10(12(14)13(2)3)7-15-11(9)6-8/h7-8H,4-6H2,1-3H3. The zero-order chi connectivity index (χ0) is 11.0. The number of amides is 1. The minimum atomic E-state index is 0.155. The van der Waals surface area contributed by atoms with E-state index in [1.165, 1.54) is 16.9 Å². The minimum absolute atomic E-state index is 0.155. The van der Waals surface area contributed by atoms with Crippen LogP contribution in [0.3, 0.4) is 0 Å². The summed E-state index contributed by atoms with van der Waals surface area (Å²) in [5, 5.41) is 2.03. The second-order valence-electron chi connectivity index (χ2n) is 4.60. The molecule has 2 nitrogen and oxygen atoms in total. The highest BCUT2D eigenvalue weighted by molar-refractivity contribution is 7.10. The maximum Gasteiger partial charge on any atom is 0.254 e. The van der Waals surface area contributed by atoms with E-state index < -0.39 is 0 Å². The molecule has 1 unspecified atom stereocenters. The third kappa shape index (κ3) is 1.93. The molecule has 0 fully saturated rings. The average molecular weight is 223 g/mol. The molecule has 1 heterocycles. The fourth-order valence-corrected chi connectivity index (χ4v) is 3.34. The maximum atomic E-state index is 11.9. The van der Waals surface area contributed by atoms with Crippen molar-refractivity contribution in [2.75, 3.05) is 14.1 Å². The van der Waals surface area contributed by atoms with Crippen molar-refractivity contribution in [1.29, 1.82) is 0 Å². The van der Waals surface area contributed by atoms with Gasteiger partial charge in [-0.25, -0.2) is 0 Å². The van der Waals surface area contributed by atoms with E-state index in [9.17, 15) is 4.79 Å². The van der Waals surface area contributed by atoms with E-state index in [4.69, 9.17) is 0 Å². The van der Waals surface area contributed by atoms with E-state index in [0.29, 0.717) is 0 Å². The van der Waals surface area contributed by atoms with Crippen molar-refractivity contribution in [3.8, 4) is 0 Å². The molecule has 0 bridgehead atoms. The summed E-state index contributed by atoms with van der Waals surface area (Å²) < 4.78 is 0. The van der Waals surface area contributed by atoms with Crippen LogP contribution in [0.1, 0.15) is 34.1 Å². The Kier molecular flexibility index (Phi) is 2.83. The van der Waals surface area contributed by atoms with Gasteiger partial charge >= 0.3 is 0 Å². The molecule has 0 saturated heterocycles. The summed E-state index contributed by atoms with van der Waals surface area (Å²) in [4.78, 5) is 15.0. The van der Waals surface area contributed by atoms with Gasteiger partial charge in [-0.1, -0.05) is 6.92 Å². The van der Waals surface area contributed by atoms with Crippen LogP contribution in [0.15, 0.2) is 5.38 Å². The van der Waals surface area contributed by atoms with Crippen molar-refractivity contribution in [2.24, 2.45) is 5.92 Å². The maximum absolute atomic E-state index is 11.9. The molecule has 3 heteroatoms. The molecule has 1 aromatic heterocycles. The second-order valence-corrected chi connectivity index (χ2v) is 5.56. The first-order chi connectivity index (χ1) is 7.09. The summed E-state index contributed by atoms with van der Waals surface area (Å²) in [6.07, 6.45) is 3.45. The van der Waals surface area contributed by atoms with E-state index in [-0.39, 0.29) is 5.91 Å². The topological polar surface area (TPSA) is 20.3 Å². The van der Waals surface area contributed by atoms with E-state index in [1.54, 1.807) is 16.2 Å². The highest BCUT2D eigenvalue weighted by Gasteiger charge is 2.23. The van der Waals surface area contributed by atoms with Crippen molar-refractivity contribution >= 4 is 17.2 Å². The van der Waals surface area contributed by atoms with Crippen LogP contribution in [0.25, 0.3) is 0 Å². The zero-order valence-corrected chi connectivity index (χ0v) is 10.4. The molecular weight excluding hydrogens is 206 g/mol. The summed E-state index contributed by atoms with van der Waals surface area (Å²) in [6.45, 7) is 2.29. The predicted octanol–water partition coefficient (Wildman–Crippen LogP) is 2.57. The third-order valence-corrected chi connectivity index (χ3v) is 4.09. The summed E-state index contributed by atoms with van der Waals surface area (Å²) in [5.41, 5.74) is 2.25. The minimum Gasteiger partial charge on any atom is -0.345 e. The molecule has 1 aromatic rings.